The van der Waals surface area contributed by atoms with E-state index in [4.69, 9.17) is 10.6 Å². The van der Waals surface area contributed by atoms with Crippen LogP contribution in [0.1, 0.15) is 43.8 Å². The van der Waals surface area contributed by atoms with Crippen molar-refractivity contribution >= 4 is 0 Å². The molecule has 1 unspecified atom stereocenters. The summed E-state index contributed by atoms with van der Waals surface area (Å²) in [4.78, 5) is 0. The normalized spacial score (nSPS) is 12.7. The predicted octanol–water partition coefficient (Wildman–Crippen LogP) is 2.32. The van der Waals surface area contributed by atoms with Crippen LogP contribution in [0.15, 0.2) is 30.3 Å². The molecule has 2 aromatic rings. The third-order valence-electron chi connectivity index (χ3n) is 3.38. The van der Waals surface area contributed by atoms with Gasteiger partial charge in [-0.15, -0.1) is 0 Å². The molecule has 0 saturated carbocycles. The molecule has 1 atom stereocenters. The van der Waals surface area contributed by atoms with Crippen molar-refractivity contribution in [1.82, 2.24) is 15.2 Å². The van der Waals surface area contributed by atoms with Crippen LogP contribution in [0.25, 0.3) is 0 Å². The quantitative estimate of drug-likeness (QED) is 0.632. The van der Waals surface area contributed by atoms with Gasteiger partial charge in [0.05, 0.1) is 23.5 Å². The molecule has 0 saturated heterocycles. The summed E-state index contributed by atoms with van der Waals surface area (Å²) in [6.45, 7) is 6.12. The first-order chi connectivity index (χ1) is 10.0. The van der Waals surface area contributed by atoms with Crippen LogP contribution in [0, 0.1) is 0 Å². The molecule has 0 aliphatic rings. The number of rotatable bonds is 6. The molecule has 0 radical (unpaired) electrons. The minimum Gasteiger partial charge on any atom is -0.491 e. The lowest BCUT2D eigenvalue weighted by Gasteiger charge is -2.17. The fourth-order valence-electron chi connectivity index (χ4n) is 2.35. The Hall–Kier alpha value is -1.85. The molecule has 5 heteroatoms. The van der Waals surface area contributed by atoms with Crippen molar-refractivity contribution in [2.24, 2.45) is 12.9 Å². The minimum atomic E-state index is -0.0871. The molecule has 0 spiro atoms. The lowest BCUT2D eigenvalue weighted by molar-refractivity contribution is 0.242. The third-order valence-corrected chi connectivity index (χ3v) is 3.38. The highest BCUT2D eigenvalue weighted by Gasteiger charge is 2.17. The maximum Gasteiger partial charge on any atom is 0.119 e. The van der Waals surface area contributed by atoms with Crippen LogP contribution in [0.2, 0.25) is 0 Å². The van der Waals surface area contributed by atoms with Gasteiger partial charge in [0.1, 0.15) is 5.75 Å². The number of hydrogen-bond donors (Lipinski definition) is 2. The van der Waals surface area contributed by atoms with Crippen molar-refractivity contribution in [2.75, 3.05) is 0 Å². The Bertz CT molecular complexity index is 574. The van der Waals surface area contributed by atoms with Crippen molar-refractivity contribution < 1.29 is 4.74 Å². The van der Waals surface area contributed by atoms with Crippen molar-refractivity contribution in [2.45, 2.75) is 39.3 Å². The van der Waals surface area contributed by atoms with Gasteiger partial charge in [-0.3, -0.25) is 10.5 Å². The van der Waals surface area contributed by atoms with Crippen molar-refractivity contribution in [3.05, 3.63) is 47.3 Å². The summed E-state index contributed by atoms with van der Waals surface area (Å²) in [5, 5.41) is 4.48. The summed E-state index contributed by atoms with van der Waals surface area (Å²) in [6, 6.07) is 9.99. The van der Waals surface area contributed by atoms with Crippen LogP contribution >= 0.6 is 0 Å². The van der Waals surface area contributed by atoms with Gasteiger partial charge < -0.3 is 4.74 Å². The summed E-state index contributed by atoms with van der Waals surface area (Å²) >= 11 is 0. The van der Waals surface area contributed by atoms with Crippen molar-refractivity contribution in [3.8, 4) is 5.75 Å². The van der Waals surface area contributed by atoms with E-state index < -0.39 is 0 Å². The summed E-state index contributed by atoms with van der Waals surface area (Å²) in [6.07, 6.45) is 1.08. The van der Waals surface area contributed by atoms with Gasteiger partial charge in [-0.25, -0.2) is 5.43 Å². The molecular weight excluding hydrogens is 264 g/mol. The number of hydrazine groups is 1. The number of hydrogen-bond acceptors (Lipinski definition) is 4. The second-order valence-corrected chi connectivity index (χ2v) is 5.37. The highest BCUT2D eigenvalue weighted by Crippen LogP contribution is 2.24. The molecule has 1 aromatic carbocycles. The zero-order chi connectivity index (χ0) is 15.4. The van der Waals surface area contributed by atoms with Crippen LogP contribution in [0.4, 0.5) is 0 Å². The Morgan fingerprint density at radius 1 is 1.29 bits per heavy atom. The molecule has 21 heavy (non-hydrogen) atoms. The lowest BCUT2D eigenvalue weighted by Crippen LogP contribution is -2.30. The summed E-state index contributed by atoms with van der Waals surface area (Å²) in [5.41, 5.74) is 6.06. The number of aryl methyl sites for hydroxylation is 2. The number of ether oxygens (including phenoxy) is 1. The van der Waals surface area contributed by atoms with Gasteiger partial charge in [-0.05, 0) is 44.0 Å². The Balaban J connectivity index is 2.26. The predicted molar refractivity (Wildman–Crippen MR) is 84.0 cm³/mol. The van der Waals surface area contributed by atoms with Gasteiger partial charge in [0, 0.05) is 7.05 Å². The Labute approximate surface area is 126 Å². The molecule has 5 nitrogen and oxygen atoms in total. The fraction of sp³-hybridized carbons (Fsp3) is 0.438. The SMILES string of the molecule is CCc1cc(C(NN)c2ccc(OC(C)C)cc2)n(C)n1. The van der Waals surface area contributed by atoms with E-state index in [9.17, 15) is 0 Å². The van der Waals surface area contributed by atoms with Crippen molar-refractivity contribution in [3.63, 3.8) is 0 Å². The Kier molecular flexibility index (Phi) is 4.98. The minimum absolute atomic E-state index is 0.0871. The van der Waals surface area contributed by atoms with Gasteiger partial charge in [0.15, 0.2) is 0 Å². The molecule has 0 aliphatic carbocycles. The van der Waals surface area contributed by atoms with E-state index in [0.717, 1.165) is 29.1 Å². The first-order valence-corrected chi connectivity index (χ1v) is 7.30. The molecule has 114 valence electrons. The number of benzene rings is 1. The van der Waals surface area contributed by atoms with E-state index in [2.05, 4.69) is 23.5 Å². The summed E-state index contributed by atoms with van der Waals surface area (Å²) in [5.74, 6) is 6.62. The maximum atomic E-state index is 5.75. The zero-order valence-electron chi connectivity index (χ0n) is 13.1. The van der Waals surface area contributed by atoms with Crippen molar-refractivity contribution in [1.29, 1.82) is 0 Å². The number of nitrogens with one attached hydrogen (secondary N) is 1. The maximum absolute atomic E-state index is 5.75. The average Bonchev–Trinajstić information content (AvgIpc) is 2.82. The van der Waals surface area contributed by atoms with Gasteiger partial charge in [-0.2, -0.15) is 5.10 Å². The zero-order valence-corrected chi connectivity index (χ0v) is 13.1. The third kappa shape index (κ3) is 3.62. The molecule has 2 rings (SSSR count). The summed E-state index contributed by atoms with van der Waals surface area (Å²) in [7, 11) is 1.94. The van der Waals surface area contributed by atoms with E-state index in [1.807, 2.05) is 49.8 Å². The number of aromatic nitrogens is 2. The molecule has 1 aromatic heterocycles. The van der Waals surface area contributed by atoms with Crippen LogP contribution in [-0.2, 0) is 13.5 Å². The molecule has 3 N–H and O–H groups in total. The highest BCUT2D eigenvalue weighted by atomic mass is 16.5. The van der Waals surface area contributed by atoms with E-state index in [-0.39, 0.29) is 12.1 Å². The first kappa shape index (κ1) is 15.5. The molecular formula is C16H24N4O. The standard InChI is InChI=1S/C16H24N4O/c1-5-13-10-15(20(4)19-13)16(18-17)12-6-8-14(9-7-12)21-11(2)3/h6-11,16,18H,5,17H2,1-4H3. The van der Waals surface area contributed by atoms with E-state index in [1.165, 1.54) is 0 Å². The van der Waals surface area contributed by atoms with Gasteiger partial charge in [-0.1, -0.05) is 19.1 Å². The molecule has 0 amide bonds. The van der Waals surface area contributed by atoms with Gasteiger partial charge in [0.25, 0.3) is 0 Å². The van der Waals surface area contributed by atoms with Crippen LogP contribution in [0.5, 0.6) is 5.75 Å². The van der Waals surface area contributed by atoms with Gasteiger partial charge >= 0.3 is 0 Å². The fourth-order valence-corrected chi connectivity index (χ4v) is 2.35. The van der Waals surface area contributed by atoms with E-state index >= 15 is 0 Å². The number of nitrogens with two attached hydrogens (primary N) is 1. The number of nitrogens with zero attached hydrogens (tertiary/aromatic N) is 2. The van der Waals surface area contributed by atoms with Crippen LogP contribution < -0.4 is 16.0 Å². The second kappa shape index (κ2) is 6.74. The molecule has 0 fully saturated rings. The monoisotopic (exact) mass is 288 g/mol. The Morgan fingerprint density at radius 2 is 1.95 bits per heavy atom. The van der Waals surface area contributed by atoms with Gasteiger partial charge in [0.2, 0.25) is 0 Å². The van der Waals surface area contributed by atoms with Crippen LogP contribution in [0.3, 0.4) is 0 Å². The van der Waals surface area contributed by atoms with E-state index in [1.54, 1.807) is 0 Å². The smallest absolute Gasteiger partial charge is 0.119 e. The molecule has 1 heterocycles. The Morgan fingerprint density at radius 3 is 2.43 bits per heavy atom. The molecule has 0 bridgehead atoms. The van der Waals surface area contributed by atoms with E-state index in [0.29, 0.717) is 0 Å². The lowest BCUT2D eigenvalue weighted by atomic mass is 10.0. The molecule has 0 aliphatic heterocycles. The highest BCUT2D eigenvalue weighted by molar-refractivity contribution is 5.34. The van der Waals surface area contributed by atoms with Crippen LogP contribution in [-0.4, -0.2) is 15.9 Å². The summed E-state index contributed by atoms with van der Waals surface area (Å²) < 4.78 is 7.54. The first-order valence-electron chi connectivity index (χ1n) is 7.30. The second-order valence-electron chi connectivity index (χ2n) is 5.37. The average molecular weight is 288 g/mol. The largest absolute Gasteiger partial charge is 0.491 e. The topological polar surface area (TPSA) is 65.1 Å².